The second-order valence-corrected chi connectivity index (χ2v) is 6.14. The van der Waals surface area contributed by atoms with Crippen LogP contribution >= 0.6 is 0 Å². The Labute approximate surface area is 138 Å². The molecule has 2 rings (SSSR count). The highest BCUT2D eigenvalue weighted by molar-refractivity contribution is 5.79. The van der Waals surface area contributed by atoms with Crippen LogP contribution in [0.2, 0.25) is 0 Å². The summed E-state index contributed by atoms with van der Waals surface area (Å²) >= 11 is 0. The summed E-state index contributed by atoms with van der Waals surface area (Å²) in [6.07, 6.45) is 0.0205. The summed E-state index contributed by atoms with van der Waals surface area (Å²) in [5, 5.41) is 10.5. The van der Waals surface area contributed by atoms with Gasteiger partial charge in [-0.2, -0.15) is 0 Å². The number of likely N-dealkylation sites (N-methyl/N-ethyl adjacent to an activating group) is 1. The van der Waals surface area contributed by atoms with Crippen molar-refractivity contribution < 1.29 is 9.90 Å². The van der Waals surface area contributed by atoms with Gasteiger partial charge in [-0.15, -0.1) is 0 Å². The molecule has 0 unspecified atom stereocenters. The van der Waals surface area contributed by atoms with Gasteiger partial charge in [0.15, 0.2) is 0 Å². The van der Waals surface area contributed by atoms with Gasteiger partial charge < -0.3 is 10.0 Å². The van der Waals surface area contributed by atoms with Gasteiger partial charge in [0.05, 0.1) is 12.1 Å². The Morgan fingerprint density at radius 3 is 2.09 bits per heavy atom. The van der Waals surface area contributed by atoms with E-state index >= 15 is 0 Å². The quantitative estimate of drug-likeness (QED) is 0.887. The van der Waals surface area contributed by atoms with Crippen LogP contribution in [-0.2, 0) is 11.2 Å². The van der Waals surface area contributed by atoms with Crippen LogP contribution in [0.4, 0.5) is 0 Å². The maximum absolute atomic E-state index is 12.6. The van der Waals surface area contributed by atoms with Crippen LogP contribution in [0, 0.1) is 5.92 Å². The Hall–Kier alpha value is -2.13. The average molecular weight is 311 g/mol. The van der Waals surface area contributed by atoms with Gasteiger partial charge in [0.1, 0.15) is 0 Å². The number of hydrogen-bond acceptors (Lipinski definition) is 2. The van der Waals surface area contributed by atoms with Gasteiger partial charge in [0, 0.05) is 13.0 Å². The summed E-state index contributed by atoms with van der Waals surface area (Å²) < 4.78 is 0. The molecule has 1 N–H and O–H groups in total. The topological polar surface area (TPSA) is 40.5 Å². The first kappa shape index (κ1) is 17.2. The van der Waals surface area contributed by atoms with Crippen molar-refractivity contribution in [1.82, 2.24) is 4.90 Å². The Morgan fingerprint density at radius 1 is 1.00 bits per heavy atom. The van der Waals surface area contributed by atoms with E-state index in [1.54, 1.807) is 11.9 Å². The number of benzene rings is 2. The fourth-order valence-corrected chi connectivity index (χ4v) is 2.74. The van der Waals surface area contributed by atoms with E-state index in [0.717, 1.165) is 11.1 Å². The molecule has 23 heavy (non-hydrogen) atoms. The Balaban J connectivity index is 2.00. The lowest BCUT2D eigenvalue weighted by Crippen LogP contribution is -2.42. The standard InChI is InChI=1S/C20H25NO2/c1-15(14-17-10-6-4-7-11-17)20(23)21(3)16(2)19(22)18-12-8-5-9-13-18/h4-13,15-16,19,22H,14H2,1-3H3/t15-,16-,19+/m0/s1. The fourth-order valence-electron chi connectivity index (χ4n) is 2.74. The van der Waals surface area contributed by atoms with E-state index in [2.05, 4.69) is 0 Å². The van der Waals surface area contributed by atoms with Crippen molar-refractivity contribution in [3.8, 4) is 0 Å². The molecule has 0 aromatic heterocycles. The number of amides is 1. The third-order valence-corrected chi connectivity index (χ3v) is 4.36. The molecule has 0 aliphatic heterocycles. The lowest BCUT2D eigenvalue weighted by molar-refractivity contribution is -0.137. The van der Waals surface area contributed by atoms with Gasteiger partial charge in [-0.1, -0.05) is 67.6 Å². The van der Waals surface area contributed by atoms with E-state index < -0.39 is 6.10 Å². The summed E-state index contributed by atoms with van der Waals surface area (Å²) in [4.78, 5) is 14.3. The van der Waals surface area contributed by atoms with Crippen LogP contribution < -0.4 is 0 Å². The molecule has 122 valence electrons. The zero-order valence-corrected chi connectivity index (χ0v) is 14.0. The second-order valence-electron chi connectivity index (χ2n) is 6.14. The maximum atomic E-state index is 12.6. The SMILES string of the molecule is C[C@@H](Cc1ccccc1)C(=O)N(C)[C@@H](C)[C@@H](O)c1ccccc1. The maximum Gasteiger partial charge on any atom is 0.225 e. The van der Waals surface area contributed by atoms with E-state index in [0.29, 0.717) is 6.42 Å². The third kappa shape index (κ3) is 4.42. The van der Waals surface area contributed by atoms with Crippen LogP contribution in [0.15, 0.2) is 60.7 Å². The summed E-state index contributed by atoms with van der Waals surface area (Å²) in [6.45, 7) is 3.82. The molecule has 0 fully saturated rings. The number of aliphatic hydroxyl groups excluding tert-OH is 1. The number of carbonyl (C=O) groups is 1. The highest BCUT2D eigenvalue weighted by Gasteiger charge is 2.27. The normalized spacial score (nSPS) is 14.8. The highest BCUT2D eigenvalue weighted by atomic mass is 16.3. The Kier molecular flexibility index (Phi) is 5.94. The predicted molar refractivity (Wildman–Crippen MR) is 92.9 cm³/mol. The highest BCUT2D eigenvalue weighted by Crippen LogP contribution is 2.21. The minimum absolute atomic E-state index is 0.0522. The van der Waals surface area contributed by atoms with Crippen LogP contribution in [0.25, 0.3) is 0 Å². The van der Waals surface area contributed by atoms with E-state index in [1.807, 2.05) is 74.5 Å². The number of carbonyl (C=O) groups excluding carboxylic acids is 1. The van der Waals surface area contributed by atoms with Gasteiger partial charge in [0.2, 0.25) is 5.91 Å². The molecule has 0 radical (unpaired) electrons. The molecule has 3 atom stereocenters. The van der Waals surface area contributed by atoms with E-state index in [9.17, 15) is 9.90 Å². The van der Waals surface area contributed by atoms with Crippen molar-refractivity contribution in [1.29, 1.82) is 0 Å². The smallest absolute Gasteiger partial charge is 0.225 e. The molecule has 0 saturated heterocycles. The number of aliphatic hydroxyl groups is 1. The first-order valence-corrected chi connectivity index (χ1v) is 8.04. The number of nitrogens with zero attached hydrogens (tertiary/aromatic N) is 1. The van der Waals surface area contributed by atoms with E-state index in [4.69, 9.17) is 0 Å². The summed E-state index contributed by atoms with van der Waals surface area (Å²) in [7, 11) is 1.76. The van der Waals surface area contributed by atoms with Crippen molar-refractivity contribution in [2.24, 2.45) is 5.92 Å². The molecule has 2 aromatic carbocycles. The van der Waals surface area contributed by atoms with Crippen LogP contribution in [0.3, 0.4) is 0 Å². The zero-order valence-electron chi connectivity index (χ0n) is 14.0. The lowest BCUT2D eigenvalue weighted by Gasteiger charge is -2.31. The molecule has 0 aliphatic rings. The molecule has 0 aliphatic carbocycles. The molecule has 3 nitrogen and oxygen atoms in total. The molecule has 0 saturated carbocycles. The van der Waals surface area contributed by atoms with Crippen molar-refractivity contribution >= 4 is 5.91 Å². The van der Waals surface area contributed by atoms with Crippen LogP contribution in [0.1, 0.15) is 31.1 Å². The van der Waals surface area contributed by atoms with Gasteiger partial charge in [-0.3, -0.25) is 4.79 Å². The first-order valence-electron chi connectivity index (χ1n) is 8.04. The Morgan fingerprint density at radius 2 is 1.52 bits per heavy atom. The van der Waals surface area contributed by atoms with Crippen molar-refractivity contribution in [2.75, 3.05) is 7.05 Å². The minimum atomic E-state index is -0.686. The Bertz CT molecular complexity index is 612. The molecule has 0 spiro atoms. The van der Waals surface area contributed by atoms with Crippen molar-refractivity contribution in [3.63, 3.8) is 0 Å². The van der Waals surface area contributed by atoms with Gasteiger partial charge >= 0.3 is 0 Å². The second kappa shape index (κ2) is 7.93. The summed E-state index contributed by atoms with van der Waals surface area (Å²) in [5.41, 5.74) is 1.98. The average Bonchev–Trinajstić information content (AvgIpc) is 2.60. The van der Waals surface area contributed by atoms with Gasteiger partial charge in [-0.25, -0.2) is 0 Å². The van der Waals surface area contributed by atoms with Gasteiger partial charge in [0.25, 0.3) is 0 Å². The predicted octanol–water partition coefficient (Wildman–Crippen LogP) is 3.45. The first-order chi connectivity index (χ1) is 11.0. The fraction of sp³-hybridized carbons (Fsp3) is 0.350. The van der Waals surface area contributed by atoms with Crippen LogP contribution in [-0.4, -0.2) is 29.0 Å². The zero-order chi connectivity index (χ0) is 16.8. The van der Waals surface area contributed by atoms with Crippen molar-refractivity contribution in [3.05, 3.63) is 71.8 Å². The van der Waals surface area contributed by atoms with Gasteiger partial charge in [-0.05, 0) is 24.5 Å². The van der Waals surface area contributed by atoms with E-state index in [1.165, 1.54) is 0 Å². The monoisotopic (exact) mass is 311 g/mol. The van der Waals surface area contributed by atoms with Crippen molar-refractivity contribution in [2.45, 2.75) is 32.4 Å². The molecular formula is C20H25NO2. The minimum Gasteiger partial charge on any atom is -0.386 e. The molecule has 3 heteroatoms. The largest absolute Gasteiger partial charge is 0.386 e. The lowest BCUT2D eigenvalue weighted by atomic mass is 9.97. The molecule has 1 amide bonds. The van der Waals surface area contributed by atoms with E-state index in [-0.39, 0.29) is 17.9 Å². The molecule has 0 bridgehead atoms. The third-order valence-electron chi connectivity index (χ3n) is 4.36. The summed E-state index contributed by atoms with van der Waals surface area (Å²) in [5.74, 6) is -0.0656. The van der Waals surface area contributed by atoms with Crippen LogP contribution in [0.5, 0.6) is 0 Å². The number of hydrogen-bond donors (Lipinski definition) is 1. The number of rotatable bonds is 6. The molecule has 2 aromatic rings. The summed E-state index contributed by atoms with van der Waals surface area (Å²) in [6, 6.07) is 19.2. The molecular weight excluding hydrogens is 286 g/mol. The molecule has 0 heterocycles.